The Morgan fingerprint density at radius 3 is 2.10 bits per heavy atom. The number of nitrogens with one attached hydrogen (secondary N) is 2. The summed E-state index contributed by atoms with van der Waals surface area (Å²) in [6.07, 6.45) is 2.11. The monoisotopic (exact) mass is 410 g/mol. The minimum atomic E-state index is -0.638. The minimum absolute atomic E-state index is 0.0165. The van der Waals surface area contributed by atoms with Crippen LogP contribution in [-0.2, 0) is 10.2 Å². The van der Waals surface area contributed by atoms with Crippen molar-refractivity contribution < 1.29 is 19.1 Å². The molecule has 1 atom stereocenters. The van der Waals surface area contributed by atoms with Gasteiger partial charge in [-0.1, -0.05) is 44.2 Å². The van der Waals surface area contributed by atoms with E-state index in [4.69, 9.17) is 9.47 Å². The van der Waals surface area contributed by atoms with Gasteiger partial charge in [0, 0.05) is 23.6 Å². The van der Waals surface area contributed by atoms with E-state index >= 15 is 0 Å². The molecule has 30 heavy (non-hydrogen) atoms. The summed E-state index contributed by atoms with van der Waals surface area (Å²) in [5.74, 6) is 0.459. The third kappa shape index (κ3) is 4.93. The fourth-order valence-corrected chi connectivity index (χ4v) is 3.57. The van der Waals surface area contributed by atoms with Crippen molar-refractivity contribution in [3.63, 3.8) is 0 Å². The van der Waals surface area contributed by atoms with Crippen LogP contribution in [0.2, 0.25) is 0 Å². The molecule has 6 heteroatoms. The Morgan fingerprint density at radius 1 is 1.00 bits per heavy atom. The van der Waals surface area contributed by atoms with E-state index in [0.29, 0.717) is 23.6 Å². The SMILES string of the molecule is COc1cc(OC)cc(C(=O)NC(C(=O)NCC2(c3ccccc3)CC2)C(C)C)c1. The summed E-state index contributed by atoms with van der Waals surface area (Å²) in [6.45, 7) is 4.41. The average molecular weight is 411 g/mol. The van der Waals surface area contributed by atoms with Crippen molar-refractivity contribution in [3.8, 4) is 11.5 Å². The number of hydrogen-bond acceptors (Lipinski definition) is 4. The molecule has 2 aromatic carbocycles. The second-order valence-corrected chi connectivity index (χ2v) is 8.16. The molecule has 1 aliphatic carbocycles. The lowest BCUT2D eigenvalue weighted by Gasteiger charge is -2.24. The van der Waals surface area contributed by atoms with Crippen molar-refractivity contribution in [2.24, 2.45) is 5.92 Å². The Balaban J connectivity index is 1.67. The van der Waals surface area contributed by atoms with Gasteiger partial charge in [0.1, 0.15) is 17.5 Å². The van der Waals surface area contributed by atoms with Gasteiger partial charge < -0.3 is 20.1 Å². The highest BCUT2D eigenvalue weighted by molar-refractivity contribution is 5.98. The minimum Gasteiger partial charge on any atom is -0.497 e. The van der Waals surface area contributed by atoms with Crippen LogP contribution in [0.25, 0.3) is 0 Å². The molecule has 2 aromatic rings. The number of carbonyl (C=O) groups excluding carboxylic acids is 2. The van der Waals surface area contributed by atoms with Gasteiger partial charge in [0.25, 0.3) is 5.91 Å². The van der Waals surface area contributed by atoms with E-state index in [9.17, 15) is 9.59 Å². The van der Waals surface area contributed by atoms with Crippen LogP contribution in [0.5, 0.6) is 11.5 Å². The first kappa shape index (κ1) is 21.7. The van der Waals surface area contributed by atoms with Crippen LogP contribution < -0.4 is 20.1 Å². The molecule has 1 saturated carbocycles. The van der Waals surface area contributed by atoms with Crippen LogP contribution in [-0.4, -0.2) is 38.6 Å². The highest BCUT2D eigenvalue weighted by atomic mass is 16.5. The molecule has 2 amide bonds. The van der Waals surface area contributed by atoms with Gasteiger partial charge in [-0.05, 0) is 36.5 Å². The zero-order chi connectivity index (χ0) is 21.7. The van der Waals surface area contributed by atoms with Crippen LogP contribution in [0, 0.1) is 5.92 Å². The maximum Gasteiger partial charge on any atom is 0.252 e. The third-order valence-corrected chi connectivity index (χ3v) is 5.69. The van der Waals surface area contributed by atoms with Crippen molar-refractivity contribution in [3.05, 3.63) is 59.7 Å². The van der Waals surface area contributed by atoms with Gasteiger partial charge in [0.2, 0.25) is 5.91 Å². The van der Waals surface area contributed by atoms with Crippen LogP contribution in [0.15, 0.2) is 48.5 Å². The molecule has 1 unspecified atom stereocenters. The van der Waals surface area contributed by atoms with E-state index < -0.39 is 6.04 Å². The molecule has 1 aliphatic rings. The molecule has 0 spiro atoms. The second-order valence-electron chi connectivity index (χ2n) is 8.16. The molecule has 2 N–H and O–H groups in total. The lowest BCUT2D eigenvalue weighted by atomic mass is 9.95. The standard InChI is InChI=1S/C24H30N2O4/c1-16(2)21(26-22(27)17-12-19(29-3)14-20(13-17)30-4)23(28)25-15-24(10-11-24)18-8-6-5-7-9-18/h5-9,12-14,16,21H,10-11,15H2,1-4H3,(H,25,28)(H,26,27). The Bertz CT molecular complexity index is 869. The van der Waals surface area contributed by atoms with Crippen LogP contribution in [0.4, 0.5) is 0 Å². The number of hydrogen-bond donors (Lipinski definition) is 2. The first-order valence-corrected chi connectivity index (χ1v) is 10.3. The molecule has 0 saturated heterocycles. The van der Waals surface area contributed by atoms with Crippen molar-refractivity contribution in [1.82, 2.24) is 10.6 Å². The molecule has 3 rings (SSSR count). The molecule has 1 fully saturated rings. The summed E-state index contributed by atoms with van der Waals surface area (Å²) >= 11 is 0. The maximum absolute atomic E-state index is 12.9. The van der Waals surface area contributed by atoms with E-state index in [1.54, 1.807) is 18.2 Å². The molecule has 0 radical (unpaired) electrons. The lowest BCUT2D eigenvalue weighted by Crippen LogP contribution is -2.51. The first-order valence-electron chi connectivity index (χ1n) is 10.3. The van der Waals surface area contributed by atoms with E-state index in [1.165, 1.54) is 19.8 Å². The molecule has 0 heterocycles. The zero-order valence-corrected chi connectivity index (χ0v) is 18.0. The normalized spacial score (nSPS) is 15.2. The van der Waals surface area contributed by atoms with Gasteiger partial charge in [-0.15, -0.1) is 0 Å². The average Bonchev–Trinajstić information content (AvgIpc) is 3.56. The molecular weight excluding hydrogens is 380 g/mol. The van der Waals surface area contributed by atoms with Crippen LogP contribution in [0.1, 0.15) is 42.6 Å². The van der Waals surface area contributed by atoms with Gasteiger partial charge in [0.15, 0.2) is 0 Å². The van der Waals surface area contributed by atoms with Crippen LogP contribution >= 0.6 is 0 Å². The van der Waals surface area contributed by atoms with Gasteiger partial charge in [0.05, 0.1) is 14.2 Å². The van der Waals surface area contributed by atoms with E-state index in [1.807, 2.05) is 32.0 Å². The number of methoxy groups -OCH3 is 2. The summed E-state index contributed by atoms with van der Waals surface area (Å²) in [4.78, 5) is 25.8. The Hall–Kier alpha value is -3.02. The van der Waals surface area contributed by atoms with E-state index in [-0.39, 0.29) is 23.1 Å². The topological polar surface area (TPSA) is 76.7 Å². The number of ether oxygens (including phenoxy) is 2. The maximum atomic E-state index is 12.9. The fourth-order valence-electron chi connectivity index (χ4n) is 3.57. The van der Waals surface area contributed by atoms with Gasteiger partial charge in [-0.3, -0.25) is 9.59 Å². The summed E-state index contributed by atoms with van der Waals surface area (Å²) in [7, 11) is 3.06. The van der Waals surface area contributed by atoms with E-state index in [2.05, 4.69) is 22.8 Å². The Morgan fingerprint density at radius 2 is 1.60 bits per heavy atom. The predicted octanol–water partition coefficient (Wildman–Crippen LogP) is 3.31. The lowest BCUT2D eigenvalue weighted by molar-refractivity contribution is -0.124. The van der Waals surface area contributed by atoms with Crippen molar-refractivity contribution in [2.45, 2.75) is 38.1 Å². The van der Waals surface area contributed by atoms with Crippen LogP contribution in [0.3, 0.4) is 0 Å². The third-order valence-electron chi connectivity index (χ3n) is 5.69. The van der Waals surface area contributed by atoms with Gasteiger partial charge in [-0.25, -0.2) is 0 Å². The van der Waals surface area contributed by atoms with E-state index in [0.717, 1.165) is 12.8 Å². The zero-order valence-electron chi connectivity index (χ0n) is 18.0. The highest BCUT2D eigenvalue weighted by Gasteiger charge is 2.44. The second kappa shape index (κ2) is 9.20. The number of amides is 2. The number of benzene rings is 2. The molecule has 0 aliphatic heterocycles. The quantitative estimate of drug-likeness (QED) is 0.665. The van der Waals surface area contributed by atoms with Crippen molar-refractivity contribution in [2.75, 3.05) is 20.8 Å². The Labute approximate surface area is 178 Å². The smallest absolute Gasteiger partial charge is 0.252 e. The molecule has 0 bridgehead atoms. The molecule has 0 aromatic heterocycles. The van der Waals surface area contributed by atoms with Crippen molar-refractivity contribution in [1.29, 1.82) is 0 Å². The van der Waals surface area contributed by atoms with Gasteiger partial charge in [-0.2, -0.15) is 0 Å². The summed E-state index contributed by atoms with van der Waals surface area (Å²) in [5, 5.41) is 5.93. The predicted molar refractivity (Wildman–Crippen MR) is 116 cm³/mol. The molecule has 160 valence electrons. The Kier molecular flexibility index (Phi) is 6.65. The van der Waals surface area contributed by atoms with Gasteiger partial charge >= 0.3 is 0 Å². The molecule has 6 nitrogen and oxygen atoms in total. The van der Waals surface area contributed by atoms with Crippen molar-refractivity contribution >= 4 is 11.8 Å². The first-order chi connectivity index (χ1) is 14.4. The highest BCUT2D eigenvalue weighted by Crippen LogP contribution is 2.47. The number of rotatable bonds is 9. The summed E-state index contributed by atoms with van der Waals surface area (Å²) in [6, 6.07) is 14.6. The fraction of sp³-hybridized carbons (Fsp3) is 0.417. The summed E-state index contributed by atoms with van der Waals surface area (Å²) in [5.41, 5.74) is 1.65. The molecular formula is C24H30N2O4. The number of carbonyl (C=O) groups is 2. The largest absolute Gasteiger partial charge is 0.497 e. The summed E-state index contributed by atoms with van der Waals surface area (Å²) < 4.78 is 10.5.